The van der Waals surface area contributed by atoms with E-state index in [1.807, 2.05) is 6.07 Å². The molecule has 2 heterocycles. The normalized spacial score (nSPS) is 21.8. The Kier molecular flexibility index (Phi) is 6.80. The summed E-state index contributed by atoms with van der Waals surface area (Å²) in [5.41, 5.74) is -0.0652. The minimum Gasteiger partial charge on any atom is -0.411 e. The van der Waals surface area contributed by atoms with E-state index in [0.29, 0.717) is 12.0 Å². The molecule has 0 bridgehead atoms. The lowest BCUT2D eigenvalue weighted by Gasteiger charge is -2.39. The first-order chi connectivity index (χ1) is 14.5. The van der Waals surface area contributed by atoms with Crippen LogP contribution in [0, 0.1) is 0 Å². The van der Waals surface area contributed by atoms with Crippen LogP contribution in [0.25, 0.3) is 0 Å². The van der Waals surface area contributed by atoms with Gasteiger partial charge in [-0.15, -0.1) is 0 Å². The second kappa shape index (κ2) is 9.03. The number of rotatable bonds is 6. The maximum Gasteiger partial charge on any atom is 0.351 e. The Morgan fingerprint density at radius 3 is 2.55 bits per heavy atom. The zero-order chi connectivity index (χ0) is 22.8. The minimum absolute atomic E-state index is 0.0160. The van der Waals surface area contributed by atoms with E-state index in [9.17, 15) is 14.7 Å². The van der Waals surface area contributed by atoms with Gasteiger partial charge in [0.1, 0.15) is 18.1 Å². The zero-order valence-corrected chi connectivity index (χ0v) is 19.7. The predicted octanol–water partition coefficient (Wildman–Crippen LogP) is 3.17. The summed E-state index contributed by atoms with van der Waals surface area (Å²) >= 11 is 0. The number of amides is 1. The Balaban J connectivity index is 1.73. The average Bonchev–Trinajstić information content (AvgIpc) is 3.09. The number of aromatic nitrogens is 2. The van der Waals surface area contributed by atoms with Crippen molar-refractivity contribution < 1.29 is 19.1 Å². The van der Waals surface area contributed by atoms with Crippen LogP contribution < -0.4 is 11.0 Å². The van der Waals surface area contributed by atoms with Crippen molar-refractivity contribution in [2.45, 2.75) is 63.8 Å². The number of hydrogen-bond acceptors (Lipinski definition) is 6. The van der Waals surface area contributed by atoms with Gasteiger partial charge in [0.15, 0.2) is 8.32 Å². The van der Waals surface area contributed by atoms with Gasteiger partial charge in [-0.05, 0) is 36.3 Å². The first kappa shape index (κ1) is 23.3. The van der Waals surface area contributed by atoms with E-state index in [1.165, 1.54) is 4.57 Å². The van der Waals surface area contributed by atoms with Gasteiger partial charge in [0.2, 0.25) is 0 Å². The maximum absolute atomic E-state index is 12.6. The lowest BCUT2D eigenvalue weighted by molar-refractivity contribution is -0.0438. The molecule has 1 amide bonds. The van der Waals surface area contributed by atoms with Gasteiger partial charge in [-0.2, -0.15) is 4.98 Å². The summed E-state index contributed by atoms with van der Waals surface area (Å²) in [4.78, 5) is 28.9. The number of ether oxygens (including phenoxy) is 1. The third-order valence-corrected chi connectivity index (χ3v) is 10.5. The van der Waals surface area contributed by atoms with Crippen molar-refractivity contribution in [3.05, 3.63) is 58.6 Å². The van der Waals surface area contributed by atoms with Crippen LogP contribution in [0.1, 0.15) is 43.8 Å². The Morgan fingerprint density at radius 1 is 1.29 bits per heavy atom. The largest absolute Gasteiger partial charge is 0.411 e. The number of nitrogens with one attached hydrogen (secondary N) is 1. The molecule has 1 aromatic carbocycles. The molecule has 1 saturated heterocycles. The van der Waals surface area contributed by atoms with Crippen LogP contribution in [-0.2, 0) is 9.16 Å². The van der Waals surface area contributed by atoms with Crippen LogP contribution in [-0.4, -0.2) is 47.7 Å². The summed E-state index contributed by atoms with van der Waals surface area (Å²) in [7, 11) is -2.07. The SMILES string of the molecule is CC(C)(C)[Si](C)(C)OC1C[C@H](n2ccc(NC(=O)c3ccccc3)nc2=O)O[C@@H]1CO. The molecule has 8 nitrogen and oxygen atoms in total. The second-order valence-electron chi connectivity index (χ2n) is 9.29. The second-order valence-corrected chi connectivity index (χ2v) is 14.0. The number of benzene rings is 1. The van der Waals surface area contributed by atoms with Crippen molar-refractivity contribution in [1.29, 1.82) is 0 Å². The van der Waals surface area contributed by atoms with E-state index < -0.39 is 26.3 Å². The molecule has 0 saturated carbocycles. The molecule has 1 unspecified atom stereocenters. The molecule has 0 spiro atoms. The van der Waals surface area contributed by atoms with Crippen molar-refractivity contribution in [2.24, 2.45) is 0 Å². The van der Waals surface area contributed by atoms with Crippen molar-refractivity contribution in [3.8, 4) is 0 Å². The molecule has 1 aromatic heterocycles. The number of hydrogen-bond donors (Lipinski definition) is 2. The lowest BCUT2D eigenvalue weighted by Crippen LogP contribution is -2.46. The Morgan fingerprint density at radius 2 is 1.97 bits per heavy atom. The van der Waals surface area contributed by atoms with Gasteiger partial charge < -0.3 is 19.6 Å². The van der Waals surface area contributed by atoms with Crippen LogP contribution >= 0.6 is 0 Å². The van der Waals surface area contributed by atoms with E-state index in [4.69, 9.17) is 9.16 Å². The fourth-order valence-corrected chi connectivity index (χ4v) is 4.55. The minimum atomic E-state index is -2.07. The highest BCUT2D eigenvalue weighted by Crippen LogP contribution is 2.40. The first-order valence-electron chi connectivity index (χ1n) is 10.4. The molecule has 0 aliphatic carbocycles. The fourth-order valence-electron chi connectivity index (χ4n) is 3.19. The van der Waals surface area contributed by atoms with Crippen molar-refractivity contribution in [1.82, 2.24) is 9.55 Å². The number of anilines is 1. The van der Waals surface area contributed by atoms with Crippen molar-refractivity contribution in [3.63, 3.8) is 0 Å². The molecule has 31 heavy (non-hydrogen) atoms. The quantitative estimate of drug-likeness (QED) is 0.662. The Labute approximate surface area is 183 Å². The van der Waals surface area contributed by atoms with Gasteiger partial charge in [-0.25, -0.2) is 4.79 Å². The number of carbonyl (C=O) groups is 1. The maximum atomic E-state index is 12.6. The van der Waals surface area contributed by atoms with Gasteiger partial charge in [0, 0.05) is 18.2 Å². The Hall–Kier alpha value is -2.33. The molecular weight excluding hydrogens is 414 g/mol. The third-order valence-electron chi connectivity index (χ3n) is 6.03. The smallest absolute Gasteiger partial charge is 0.351 e. The molecule has 2 N–H and O–H groups in total. The van der Waals surface area contributed by atoms with E-state index in [2.05, 4.69) is 44.2 Å². The lowest BCUT2D eigenvalue weighted by atomic mass is 10.2. The van der Waals surface area contributed by atoms with Crippen LogP contribution in [0.3, 0.4) is 0 Å². The zero-order valence-electron chi connectivity index (χ0n) is 18.7. The summed E-state index contributed by atoms with van der Waals surface area (Å²) in [5, 5.41) is 12.4. The molecule has 3 rings (SSSR count). The molecule has 1 fully saturated rings. The highest BCUT2D eigenvalue weighted by Gasteiger charge is 2.45. The molecule has 1 aliphatic rings. The molecular formula is C22H31N3O5Si. The van der Waals surface area contributed by atoms with Crippen LogP contribution in [0.2, 0.25) is 18.1 Å². The number of aliphatic hydroxyl groups is 1. The van der Waals surface area contributed by atoms with Crippen molar-refractivity contribution in [2.75, 3.05) is 11.9 Å². The molecule has 9 heteroatoms. The molecule has 2 aromatic rings. The number of nitrogens with zero attached hydrogens (tertiary/aromatic N) is 2. The highest BCUT2D eigenvalue weighted by molar-refractivity contribution is 6.74. The average molecular weight is 446 g/mol. The highest BCUT2D eigenvalue weighted by atomic mass is 28.4. The molecule has 1 aliphatic heterocycles. The molecule has 3 atom stereocenters. The number of aliphatic hydroxyl groups excluding tert-OH is 1. The standard InChI is InChI=1S/C22H31N3O5Si/c1-22(2,3)31(4,5)30-16-13-19(29-17(16)14-26)25-12-11-18(24-21(25)28)23-20(27)15-9-7-6-8-10-15/h6-12,16-17,19,26H,13-14H2,1-5H3,(H,23,24,27,28)/t16?,17-,19-/m1/s1. The molecule has 0 radical (unpaired) electrons. The van der Waals surface area contributed by atoms with Crippen molar-refractivity contribution >= 4 is 20.0 Å². The summed E-state index contributed by atoms with van der Waals surface area (Å²) in [6.07, 6.45) is 0.577. The van der Waals surface area contributed by atoms with Crippen LogP contribution in [0.4, 0.5) is 5.82 Å². The first-order valence-corrected chi connectivity index (χ1v) is 13.3. The van der Waals surface area contributed by atoms with E-state index in [0.717, 1.165) is 0 Å². The number of carbonyl (C=O) groups excluding carboxylic acids is 1. The van der Waals surface area contributed by atoms with Gasteiger partial charge in [0.25, 0.3) is 5.91 Å². The monoisotopic (exact) mass is 445 g/mol. The fraction of sp³-hybridized carbons (Fsp3) is 0.500. The van der Waals surface area contributed by atoms with Crippen LogP contribution in [0.5, 0.6) is 0 Å². The van der Waals surface area contributed by atoms with Gasteiger partial charge in [-0.1, -0.05) is 39.0 Å². The van der Waals surface area contributed by atoms with E-state index in [1.54, 1.807) is 36.5 Å². The van der Waals surface area contributed by atoms with Gasteiger partial charge >= 0.3 is 5.69 Å². The summed E-state index contributed by atoms with van der Waals surface area (Å²) in [5.74, 6) is -0.175. The predicted molar refractivity (Wildman–Crippen MR) is 121 cm³/mol. The van der Waals surface area contributed by atoms with Gasteiger partial charge in [-0.3, -0.25) is 9.36 Å². The summed E-state index contributed by atoms with van der Waals surface area (Å²) in [6, 6.07) is 10.3. The third kappa shape index (κ3) is 5.30. The Bertz CT molecular complexity index is 971. The van der Waals surface area contributed by atoms with Gasteiger partial charge in [0.05, 0.1) is 12.7 Å². The van der Waals surface area contributed by atoms with E-state index >= 15 is 0 Å². The topological polar surface area (TPSA) is 103 Å². The molecule has 168 valence electrons. The summed E-state index contributed by atoms with van der Waals surface area (Å²) in [6.45, 7) is 10.6. The van der Waals surface area contributed by atoms with Crippen LogP contribution in [0.15, 0.2) is 47.4 Å². The van der Waals surface area contributed by atoms with E-state index in [-0.39, 0.29) is 29.5 Å². The summed E-state index contributed by atoms with van der Waals surface area (Å²) < 4.78 is 13.7.